The van der Waals surface area contributed by atoms with Gasteiger partial charge in [0.1, 0.15) is 0 Å². The molecule has 3 heteroatoms. The zero-order valence-corrected chi connectivity index (χ0v) is 8.54. The Kier molecular flexibility index (Phi) is 2.04. The van der Waals surface area contributed by atoms with Crippen LogP contribution in [-0.2, 0) is 6.54 Å². The third-order valence-corrected chi connectivity index (χ3v) is 3.96. The first kappa shape index (κ1) is 7.77. The molecule has 1 aliphatic rings. The van der Waals surface area contributed by atoms with Gasteiger partial charge in [-0.1, -0.05) is 0 Å². The maximum atomic E-state index is 5.64. The van der Waals surface area contributed by atoms with Crippen LogP contribution in [0.3, 0.4) is 0 Å². The van der Waals surface area contributed by atoms with E-state index in [0.29, 0.717) is 6.54 Å². The highest BCUT2D eigenvalue weighted by atomic mass is 79.9. The largest absolute Gasteiger partial charge is 0.326 e. The second-order valence-corrected chi connectivity index (χ2v) is 5.12. The number of hydrogen-bond donors (Lipinski definition) is 1. The molecule has 1 aromatic heterocycles. The summed E-state index contributed by atoms with van der Waals surface area (Å²) in [6.45, 7) is 0.677. The molecule has 0 spiro atoms. The minimum Gasteiger partial charge on any atom is -0.326 e. The molecule has 60 valence electrons. The number of thiophene rings is 1. The van der Waals surface area contributed by atoms with E-state index in [4.69, 9.17) is 5.73 Å². The highest BCUT2D eigenvalue weighted by molar-refractivity contribution is 9.11. The maximum absolute atomic E-state index is 5.64. The van der Waals surface area contributed by atoms with Crippen LogP contribution in [0.25, 0.3) is 0 Å². The molecular weight excluding hydrogens is 222 g/mol. The lowest BCUT2D eigenvalue weighted by Crippen LogP contribution is -1.98. The van der Waals surface area contributed by atoms with Crippen LogP contribution in [-0.4, -0.2) is 0 Å². The Morgan fingerprint density at radius 1 is 1.64 bits per heavy atom. The SMILES string of the molecule is NCc1c(C2CC2)csc1Br. The van der Waals surface area contributed by atoms with Crippen molar-refractivity contribution in [3.05, 3.63) is 20.3 Å². The Bertz CT molecular complexity index is 265. The number of rotatable bonds is 2. The smallest absolute Gasteiger partial charge is 0.0746 e. The van der Waals surface area contributed by atoms with E-state index < -0.39 is 0 Å². The molecule has 1 saturated carbocycles. The Balaban J connectivity index is 2.36. The first-order valence-electron chi connectivity index (χ1n) is 3.78. The molecule has 0 atom stereocenters. The van der Waals surface area contributed by atoms with Crippen molar-refractivity contribution in [2.75, 3.05) is 0 Å². The minimum atomic E-state index is 0.677. The van der Waals surface area contributed by atoms with Crippen molar-refractivity contribution in [1.82, 2.24) is 0 Å². The van der Waals surface area contributed by atoms with Gasteiger partial charge in [-0.3, -0.25) is 0 Å². The molecule has 1 aromatic rings. The Labute approximate surface area is 78.7 Å². The third kappa shape index (κ3) is 1.37. The van der Waals surface area contributed by atoms with Gasteiger partial charge in [-0.15, -0.1) is 11.3 Å². The molecule has 0 bridgehead atoms. The van der Waals surface area contributed by atoms with E-state index in [1.54, 1.807) is 11.3 Å². The van der Waals surface area contributed by atoms with E-state index in [9.17, 15) is 0 Å². The van der Waals surface area contributed by atoms with Crippen LogP contribution >= 0.6 is 27.3 Å². The second-order valence-electron chi connectivity index (χ2n) is 2.92. The predicted molar refractivity (Wildman–Crippen MR) is 51.9 cm³/mol. The monoisotopic (exact) mass is 231 g/mol. The Hall–Kier alpha value is 0.140. The zero-order chi connectivity index (χ0) is 7.84. The first-order valence-corrected chi connectivity index (χ1v) is 5.46. The molecular formula is C8H10BrNS. The lowest BCUT2D eigenvalue weighted by Gasteiger charge is -1.98. The van der Waals surface area contributed by atoms with Crippen LogP contribution in [0.1, 0.15) is 29.9 Å². The molecule has 1 aliphatic carbocycles. The predicted octanol–water partition coefficient (Wildman–Crippen LogP) is 2.85. The second kappa shape index (κ2) is 2.88. The summed E-state index contributed by atoms with van der Waals surface area (Å²) >= 11 is 5.27. The summed E-state index contributed by atoms with van der Waals surface area (Å²) in [5.74, 6) is 0.830. The van der Waals surface area contributed by atoms with Gasteiger partial charge in [0.05, 0.1) is 3.79 Å². The zero-order valence-electron chi connectivity index (χ0n) is 6.14. The number of nitrogens with two attached hydrogens (primary N) is 1. The number of hydrogen-bond acceptors (Lipinski definition) is 2. The fraction of sp³-hybridized carbons (Fsp3) is 0.500. The molecule has 0 aliphatic heterocycles. The quantitative estimate of drug-likeness (QED) is 0.833. The van der Waals surface area contributed by atoms with E-state index in [1.807, 2.05) is 0 Å². The van der Waals surface area contributed by atoms with Crippen molar-refractivity contribution in [1.29, 1.82) is 0 Å². The van der Waals surface area contributed by atoms with Crippen LogP contribution < -0.4 is 5.73 Å². The van der Waals surface area contributed by atoms with Gasteiger partial charge >= 0.3 is 0 Å². The molecule has 1 fully saturated rings. The molecule has 1 heterocycles. The molecule has 0 unspecified atom stereocenters. The summed E-state index contributed by atoms with van der Waals surface area (Å²) in [6.07, 6.45) is 2.71. The van der Waals surface area contributed by atoms with Crippen molar-refractivity contribution in [3.63, 3.8) is 0 Å². The van der Waals surface area contributed by atoms with Gasteiger partial charge in [-0.05, 0) is 51.2 Å². The van der Waals surface area contributed by atoms with E-state index in [0.717, 1.165) is 5.92 Å². The fourth-order valence-corrected chi connectivity index (χ4v) is 2.89. The average Bonchev–Trinajstić information content (AvgIpc) is 2.76. The summed E-state index contributed by atoms with van der Waals surface area (Å²) in [4.78, 5) is 0. The van der Waals surface area contributed by atoms with Crippen LogP contribution in [0.15, 0.2) is 9.17 Å². The summed E-state index contributed by atoms with van der Waals surface area (Å²) in [5, 5.41) is 2.24. The topological polar surface area (TPSA) is 26.0 Å². The van der Waals surface area contributed by atoms with Gasteiger partial charge in [0, 0.05) is 6.54 Å². The molecule has 2 N–H and O–H groups in total. The summed E-state index contributed by atoms with van der Waals surface area (Å²) in [7, 11) is 0. The summed E-state index contributed by atoms with van der Waals surface area (Å²) < 4.78 is 1.22. The highest BCUT2D eigenvalue weighted by Gasteiger charge is 2.27. The summed E-state index contributed by atoms with van der Waals surface area (Å²) in [5.41, 5.74) is 8.46. The van der Waals surface area contributed by atoms with Gasteiger partial charge in [-0.2, -0.15) is 0 Å². The summed E-state index contributed by atoms with van der Waals surface area (Å²) in [6, 6.07) is 0. The molecule has 0 saturated heterocycles. The molecule has 0 aromatic carbocycles. The van der Waals surface area contributed by atoms with Crippen molar-refractivity contribution in [2.24, 2.45) is 5.73 Å². The molecule has 1 nitrogen and oxygen atoms in total. The average molecular weight is 232 g/mol. The lowest BCUT2D eigenvalue weighted by atomic mass is 10.1. The first-order chi connectivity index (χ1) is 5.33. The van der Waals surface area contributed by atoms with Crippen molar-refractivity contribution in [3.8, 4) is 0 Å². The van der Waals surface area contributed by atoms with E-state index in [-0.39, 0.29) is 0 Å². The lowest BCUT2D eigenvalue weighted by molar-refractivity contribution is 1.01. The highest BCUT2D eigenvalue weighted by Crippen LogP contribution is 2.45. The van der Waals surface area contributed by atoms with Crippen LogP contribution in [0.2, 0.25) is 0 Å². The van der Waals surface area contributed by atoms with Gasteiger partial charge in [0.2, 0.25) is 0 Å². The minimum absolute atomic E-state index is 0.677. The van der Waals surface area contributed by atoms with Gasteiger partial charge in [0.15, 0.2) is 0 Å². The number of halogens is 1. The van der Waals surface area contributed by atoms with Crippen LogP contribution in [0, 0.1) is 0 Å². The normalized spacial score (nSPS) is 17.3. The van der Waals surface area contributed by atoms with Crippen LogP contribution in [0.4, 0.5) is 0 Å². The Morgan fingerprint density at radius 3 is 2.91 bits per heavy atom. The van der Waals surface area contributed by atoms with Crippen LogP contribution in [0.5, 0.6) is 0 Å². The Morgan fingerprint density at radius 2 is 2.36 bits per heavy atom. The third-order valence-electron chi connectivity index (χ3n) is 2.10. The van der Waals surface area contributed by atoms with Gasteiger partial charge in [-0.25, -0.2) is 0 Å². The van der Waals surface area contributed by atoms with E-state index >= 15 is 0 Å². The molecule has 0 amide bonds. The van der Waals surface area contributed by atoms with E-state index in [2.05, 4.69) is 21.3 Å². The van der Waals surface area contributed by atoms with E-state index in [1.165, 1.54) is 27.8 Å². The molecule has 11 heavy (non-hydrogen) atoms. The van der Waals surface area contributed by atoms with Gasteiger partial charge in [0.25, 0.3) is 0 Å². The standard InChI is InChI=1S/C8H10BrNS/c9-8-6(3-10)7(4-11-8)5-1-2-5/h4-5H,1-3,10H2. The van der Waals surface area contributed by atoms with Gasteiger partial charge < -0.3 is 5.73 Å². The maximum Gasteiger partial charge on any atom is 0.0746 e. The van der Waals surface area contributed by atoms with Crippen molar-refractivity contribution < 1.29 is 0 Å². The van der Waals surface area contributed by atoms with Crippen molar-refractivity contribution in [2.45, 2.75) is 25.3 Å². The molecule has 0 radical (unpaired) electrons. The molecule has 2 rings (SSSR count). The fourth-order valence-electron chi connectivity index (χ4n) is 1.31. The van der Waals surface area contributed by atoms with Crippen molar-refractivity contribution >= 4 is 27.3 Å².